The van der Waals surface area contributed by atoms with E-state index in [1.165, 1.54) is 4.90 Å². The van der Waals surface area contributed by atoms with Crippen molar-refractivity contribution in [3.05, 3.63) is 39.7 Å². The molecule has 1 aliphatic heterocycles. The van der Waals surface area contributed by atoms with Gasteiger partial charge in [0.05, 0.1) is 4.92 Å². The fourth-order valence-corrected chi connectivity index (χ4v) is 2.39. The second-order valence-electron chi connectivity index (χ2n) is 4.70. The van der Waals surface area contributed by atoms with Crippen molar-refractivity contribution in [2.45, 2.75) is 12.2 Å². The zero-order chi connectivity index (χ0) is 15.6. The lowest BCUT2D eigenvalue weighted by Crippen LogP contribution is -2.49. The molecule has 1 N–H and O–H groups in total. The summed E-state index contributed by atoms with van der Waals surface area (Å²) in [5, 5.41) is 13.6. The van der Waals surface area contributed by atoms with Crippen molar-refractivity contribution in [3.63, 3.8) is 0 Å². The first-order valence-electron chi connectivity index (χ1n) is 6.26. The molecule has 0 saturated carbocycles. The molecule has 1 aromatic rings. The van der Waals surface area contributed by atoms with Crippen molar-refractivity contribution < 1.29 is 22.5 Å². The minimum atomic E-state index is -4.59. The van der Waals surface area contributed by atoms with Crippen LogP contribution in [0.2, 0.25) is 0 Å². The van der Waals surface area contributed by atoms with E-state index in [2.05, 4.69) is 5.32 Å². The molecule has 0 unspecified atom stereocenters. The lowest BCUT2D eigenvalue weighted by atomic mass is 10.0. The summed E-state index contributed by atoms with van der Waals surface area (Å²) < 4.78 is 53.2. The molecule has 5 nitrogen and oxygen atoms in total. The van der Waals surface area contributed by atoms with Gasteiger partial charge < -0.3 is 5.32 Å². The average molecular weight is 380 g/mol. The van der Waals surface area contributed by atoms with E-state index in [0.29, 0.717) is 25.2 Å². The van der Waals surface area contributed by atoms with E-state index in [-0.39, 0.29) is 43.5 Å². The van der Waals surface area contributed by atoms with Crippen LogP contribution < -0.4 is 5.32 Å². The Hall–Kier alpha value is -1.16. The Labute approximate surface area is 142 Å². The van der Waals surface area contributed by atoms with Crippen molar-refractivity contribution in [1.29, 1.82) is 0 Å². The highest BCUT2D eigenvalue weighted by molar-refractivity contribution is 5.85. The van der Waals surface area contributed by atoms with Crippen LogP contribution in [0.15, 0.2) is 18.2 Å². The molecule has 1 saturated heterocycles. The molecule has 0 spiro atoms. The predicted molar refractivity (Wildman–Crippen MR) is 80.8 cm³/mol. The molecule has 1 aromatic carbocycles. The van der Waals surface area contributed by atoms with Crippen molar-refractivity contribution >= 4 is 30.5 Å². The lowest BCUT2D eigenvalue weighted by molar-refractivity contribution is -0.387. The number of halogens is 6. The van der Waals surface area contributed by atoms with Crippen LogP contribution >= 0.6 is 24.8 Å². The maximum atomic E-state index is 13.3. The van der Waals surface area contributed by atoms with Gasteiger partial charge in [-0.15, -0.1) is 24.8 Å². The maximum Gasteiger partial charge on any atom is 0.408 e. The Balaban J connectivity index is 0.00000242. The van der Waals surface area contributed by atoms with Gasteiger partial charge in [-0.1, -0.05) is 6.07 Å². The Morgan fingerprint density at radius 1 is 1.22 bits per heavy atom. The number of nitrogens with one attached hydrogen (secondary N) is 1. The molecule has 0 bridgehead atoms. The van der Waals surface area contributed by atoms with Crippen molar-refractivity contribution in [2.24, 2.45) is 0 Å². The first-order chi connectivity index (χ1) is 9.80. The molecule has 0 aromatic heterocycles. The third-order valence-corrected chi connectivity index (χ3v) is 3.31. The Kier molecular flexibility index (Phi) is 8.19. The summed E-state index contributed by atoms with van der Waals surface area (Å²) >= 11 is 0. The van der Waals surface area contributed by atoms with Gasteiger partial charge in [0.2, 0.25) is 5.82 Å². The molecule has 1 fully saturated rings. The zero-order valence-electron chi connectivity index (χ0n) is 11.7. The molecule has 132 valence electrons. The number of nitro benzene ring substituents is 1. The average Bonchev–Trinajstić information content (AvgIpc) is 2.40. The van der Waals surface area contributed by atoms with Crippen LogP contribution in [0, 0.1) is 15.9 Å². The SMILES string of the molecule is Cl.Cl.O=[N+]([O-])c1cc([C@@H](N2CCNCC2)C(F)(F)F)ccc1F. The topological polar surface area (TPSA) is 58.4 Å². The van der Waals surface area contributed by atoms with Gasteiger partial charge in [0, 0.05) is 32.2 Å². The summed E-state index contributed by atoms with van der Waals surface area (Å²) in [5.74, 6) is -1.15. The minimum Gasteiger partial charge on any atom is -0.314 e. The largest absolute Gasteiger partial charge is 0.408 e. The van der Waals surface area contributed by atoms with Crippen LogP contribution in [0.3, 0.4) is 0 Å². The first-order valence-corrected chi connectivity index (χ1v) is 6.26. The highest BCUT2D eigenvalue weighted by atomic mass is 35.5. The molecule has 1 aliphatic rings. The van der Waals surface area contributed by atoms with Crippen molar-refractivity contribution in [2.75, 3.05) is 26.2 Å². The Bertz CT molecular complexity index is 540. The fraction of sp³-hybridized carbons (Fsp3) is 0.500. The van der Waals surface area contributed by atoms with Gasteiger partial charge in [-0.2, -0.15) is 17.6 Å². The zero-order valence-corrected chi connectivity index (χ0v) is 13.3. The number of rotatable bonds is 3. The highest BCUT2D eigenvalue weighted by Gasteiger charge is 2.45. The molecule has 1 atom stereocenters. The monoisotopic (exact) mass is 379 g/mol. The number of hydrogen-bond acceptors (Lipinski definition) is 4. The van der Waals surface area contributed by atoms with Crippen molar-refractivity contribution in [1.82, 2.24) is 10.2 Å². The standard InChI is InChI=1S/C12H13F4N3O2.2ClH/c13-9-2-1-8(7-10(9)19(20)21)11(12(14,15)16)18-5-3-17-4-6-18;;/h1-2,7,11,17H,3-6H2;2*1H/t11-;;/m1../s1. The smallest absolute Gasteiger partial charge is 0.314 e. The van der Waals surface area contributed by atoms with E-state index < -0.39 is 28.6 Å². The number of benzene rings is 1. The second-order valence-corrected chi connectivity index (χ2v) is 4.70. The predicted octanol–water partition coefficient (Wildman–Crippen LogP) is 3.09. The normalized spacial score (nSPS) is 16.9. The molecule has 23 heavy (non-hydrogen) atoms. The fourth-order valence-electron chi connectivity index (χ4n) is 2.39. The summed E-state index contributed by atoms with van der Waals surface area (Å²) in [6.07, 6.45) is -4.59. The van der Waals surface area contributed by atoms with Gasteiger partial charge in [0.1, 0.15) is 6.04 Å². The van der Waals surface area contributed by atoms with Crippen LogP contribution in [0.4, 0.5) is 23.2 Å². The molecular formula is C12H15Cl2F4N3O2. The number of alkyl halides is 3. The molecular weight excluding hydrogens is 365 g/mol. The minimum absolute atomic E-state index is 0. The van der Waals surface area contributed by atoms with E-state index in [0.717, 1.165) is 6.07 Å². The summed E-state index contributed by atoms with van der Waals surface area (Å²) in [7, 11) is 0. The summed E-state index contributed by atoms with van der Waals surface area (Å²) in [6, 6.07) is 0.339. The Morgan fingerprint density at radius 3 is 2.26 bits per heavy atom. The van der Waals surface area contributed by atoms with Crippen LogP contribution in [0.1, 0.15) is 11.6 Å². The number of nitro groups is 1. The van der Waals surface area contributed by atoms with Gasteiger partial charge >= 0.3 is 11.9 Å². The van der Waals surface area contributed by atoms with E-state index in [4.69, 9.17) is 0 Å². The van der Waals surface area contributed by atoms with Crippen LogP contribution in [0.25, 0.3) is 0 Å². The molecule has 0 amide bonds. The van der Waals surface area contributed by atoms with Gasteiger partial charge in [-0.25, -0.2) is 0 Å². The van der Waals surface area contributed by atoms with E-state index in [1.807, 2.05) is 0 Å². The van der Waals surface area contributed by atoms with Gasteiger partial charge in [-0.05, 0) is 11.6 Å². The molecule has 11 heteroatoms. The van der Waals surface area contributed by atoms with E-state index >= 15 is 0 Å². The number of hydrogen-bond donors (Lipinski definition) is 1. The number of nitrogens with zero attached hydrogens (tertiary/aromatic N) is 2. The Morgan fingerprint density at radius 2 is 1.78 bits per heavy atom. The van der Waals surface area contributed by atoms with Gasteiger partial charge in [0.25, 0.3) is 0 Å². The molecule has 2 rings (SSSR count). The van der Waals surface area contributed by atoms with Crippen LogP contribution in [-0.4, -0.2) is 42.2 Å². The van der Waals surface area contributed by atoms with E-state index in [1.54, 1.807) is 0 Å². The number of piperazine rings is 1. The van der Waals surface area contributed by atoms with Gasteiger partial charge in [0.15, 0.2) is 0 Å². The van der Waals surface area contributed by atoms with E-state index in [9.17, 15) is 27.7 Å². The third kappa shape index (κ3) is 5.17. The summed E-state index contributed by atoms with van der Waals surface area (Å²) in [4.78, 5) is 10.8. The second kappa shape index (κ2) is 8.62. The highest BCUT2D eigenvalue weighted by Crippen LogP contribution is 2.39. The van der Waals surface area contributed by atoms with Gasteiger partial charge in [-0.3, -0.25) is 15.0 Å². The first kappa shape index (κ1) is 21.8. The molecule has 0 aliphatic carbocycles. The maximum absolute atomic E-state index is 13.3. The third-order valence-electron chi connectivity index (χ3n) is 3.31. The summed E-state index contributed by atoms with van der Waals surface area (Å²) in [5.41, 5.74) is -1.27. The molecule has 1 heterocycles. The van der Waals surface area contributed by atoms with Crippen LogP contribution in [-0.2, 0) is 0 Å². The summed E-state index contributed by atoms with van der Waals surface area (Å²) in [6.45, 7) is 1.12. The molecule has 0 radical (unpaired) electrons. The van der Waals surface area contributed by atoms with Crippen LogP contribution in [0.5, 0.6) is 0 Å². The quantitative estimate of drug-likeness (QED) is 0.498. The lowest BCUT2D eigenvalue weighted by Gasteiger charge is -2.36. The van der Waals surface area contributed by atoms with Crippen molar-refractivity contribution in [3.8, 4) is 0 Å².